The summed E-state index contributed by atoms with van der Waals surface area (Å²) in [6, 6.07) is 16.6. The van der Waals surface area contributed by atoms with Crippen molar-refractivity contribution in [3.8, 4) is 16.9 Å². The van der Waals surface area contributed by atoms with Crippen LogP contribution in [0.4, 0.5) is 0 Å². The van der Waals surface area contributed by atoms with Crippen LogP contribution < -0.4 is 10.1 Å². The van der Waals surface area contributed by atoms with Crippen molar-refractivity contribution < 1.29 is 17.3 Å². The van der Waals surface area contributed by atoms with Gasteiger partial charge in [0.1, 0.15) is 5.75 Å². The normalized spacial score (nSPS) is 17.1. The molecular weight excluding hydrogens is 552 g/mol. The smallest absolute Gasteiger partial charge is 0.264 e. The standard InChI is InChI=1S/C30H35ClN2O4S2/c1-21(6-5-17-36-39(2,34)35)38-24-11-12-28(31)22(18-24)19-33-30(14-15-30)27-20-32-16-13-25(27)26-7-3-4-8-29(26)37-23-9-10-23/h3-4,7-8,11-13,16,18,20-21,23,33H,5-6,9-10,14-15,17,19H2,1-2H3. The molecule has 1 N–H and O–H groups in total. The lowest BCUT2D eigenvalue weighted by molar-refractivity contribution is 0.304. The Kier molecular flexibility index (Phi) is 8.88. The molecule has 208 valence electrons. The van der Waals surface area contributed by atoms with E-state index in [0.717, 1.165) is 70.7 Å². The van der Waals surface area contributed by atoms with Gasteiger partial charge in [0.05, 0.1) is 19.0 Å². The largest absolute Gasteiger partial charge is 0.490 e. The van der Waals surface area contributed by atoms with E-state index in [1.54, 1.807) is 11.8 Å². The van der Waals surface area contributed by atoms with Crippen LogP contribution >= 0.6 is 23.4 Å². The van der Waals surface area contributed by atoms with E-state index in [4.69, 9.17) is 20.5 Å². The zero-order valence-electron chi connectivity index (χ0n) is 22.4. The Morgan fingerprint density at radius 1 is 1.15 bits per heavy atom. The van der Waals surface area contributed by atoms with Gasteiger partial charge in [-0.25, -0.2) is 0 Å². The molecule has 0 amide bonds. The van der Waals surface area contributed by atoms with E-state index in [1.807, 2.05) is 30.6 Å². The van der Waals surface area contributed by atoms with Crippen LogP contribution in [0.25, 0.3) is 11.1 Å². The number of para-hydroxylation sites is 1. The molecule has 0 radical (unpaired) electrons. The number of hydrogen-bond acceptors (Lipinski definition) is 7. The summed E-state index contributed by atoms with van der Waals surface area (Å²) in [7, 11) is -3.39. The molecule has 9 heteroatoms. The minimum atomic E-state index is -3.39. The van der Waals surface area contributed by atoms with Gasteiger partial charge in [-0.15, -0.1) is 11.8 Å². The van der Waals surface area contributed by atoms with Crippen molar-refractivity contribution in [3.63, 3.8) is 0 Å². The van der Waals surface area contributed by atoms with Gasteiger partial charge in [0.15, 0.2) is 0 Å². The summed E-state index contributed by atoms with van der Waals surface area (Å²) >= 11 is 8.39. The van der Waals surface area contributed by atoms with Crippen LogP contribution in [0.3, 0.4) is 0 Å². The minimum Gasteiger partial charge on any atom is -0.490 e. The predicted octanol–water partition coefficient (Wildman–Crippen LogP) is 6.96. The lowest BCUT2D eigenvalue weighted by Gasteiger charge is -2.23. The summed E-state index contributed by atoms with van der Waals surface area (Å²) in [5.74, 6) is 0.938. The number of halogens is 1. The van der Waals surface area contributed by atoms with Crippen LogP contribution in [-0.2, 0) is 26.4 Å². The van der Waals surface area contributed by atoms with Crippen molar-refractivity contribution in [2.45, 2.75) is 73.8 Å². The molecule has 2 aliphatic rings. The van der Waals surface area contributed by atoms with Gasteiger partial charge in [-0.2, -0.15) is 8.42 Å². The van der Waals surface area contributed by atoms with Crippen molar-refractivity contribution >= 4 is 33.5 Å². The summed E-state index contributed by atoms with van der Waals surface area (Å²) in [5, 5.41) is 4.88. The molecule has 2 fully saturated rings. The summed E-state index contributed by atoms with van der Waals surface area (Å²) in [6.07, 6.45) is 11.1. The Labute approximate surface area is 241 Å². The first kappa shape index (κ1) is 28.4. The minimum absolute atomic E-state index is 0.143. The van der Waals surface area contributed by atoms with E-state index >= 15 is 0 Å². The highest BCUT2D eigenvalue weighted by Gasteiger charge is 2.45. The van der Waals surface area contributed by atoms with E-state index in [-0.39, 0.29) is 12.1 Å². The van der Waals surface area contributed by atoms with Crippen molar-refractivity contribution in [1.82, 2.24) is 10.3 Å². The Morgan fingerprint density at radius 2 is 1.95 bits per heavy atom. The number of aromatic nitrogens is 1. The molecule has 3 aromatic rings. The van der Waals surface area contributed by atoms with E-state index in [0.29, 0.717) is 24.3 Å². The Bertz CT molecular complexity index is 1410. The van der Waals surface area contributed by atoms with E-state index in [9.17, 15) is 8.42 Å². The first-order chi connectivity index (χ1) is 18.7. The first-order valence-electron chi connectivity index (χ1n) is 13.5. The fourth-order valence-electron chi connectivity index (χ4n) is 4.73. The third-order valence-corrected chi connectivity index (χ3v) is 9.23. The fraction of sp³-hybridized carbons (Fsp3) is 0.433. The van der Waals surface area contributed by atoms with Crippen LogP contribution in [0.1, 0.15) is 56.6 Å². The zero-order valence-corrected chi connectivity index (χ0v) is 24.7. The highest BCUT2D eigenvalue weighted by atomic mass is 35.5. The van der Waals surface area contributed by atoms with Gasteiger partial charge in [0.2, 0.25) is 0 Å². The maximum Gasteiger partial charge on any atom is 0.264 e. The number of thioether (sulfide) groups is 1. The van der Waals surface area contributed by atoms with Crippen LogP contribution in [0.5, 0.6) is 5.75 Å². The van der Waals surface area contributed by atoms with Crippen molar-refractivity contribution in [3.05, 3.63) is 77.1 Å². The van der Waals surface area contributed by atoms with Gasteiger partial charge in [0, 0.05) is 45.2 Å². The Balaban J connectivity index is 1.26. The number of nitrogens with one attached hydrogen (secondary N) is 1. The van der Waals surface area contributed by atoms with Crippen molar-refractivity contribution in [1.29, 1.82) is 0 Å². The molecule has 0 spiro atoms. The first-order valence-corrected chi connectivity index (χ1v) is 16.5. The molecule has 6 nitrogen and oxygen atoms in total. The number of rotatable bonds is 14. The molecule has 39 heavy (non-hydrogen) atoms. The predicted molar refractivity (Wildman–Crippen MR) is 158 cm³/mol. The van der Waals surface area contributed by atoms with Crippen molar-refractivity contribution in [2.75, 3.05) is 12.9 Å². The summed E-state index contributed by atoms with van der Waals surface area (Å²) < 4.78 is 33.4. The molecule has 2 aliphatic carbocycles. The SMILES string of the molecule is CC(CCCOS(C)(=O)=O)Sc1ccc(Cl)c(CNC2(c3cnccc3-c3ccccc3OC3CC3)CC2)c1. The van der Waals surface area contributed by atoms with Gasteiger partial charge < -0.3 is 10.1 Å². The monoisotopic (exact) mass is 586 g/mol. The van der Waals surface area contributed by atoms with Crippen LogP contribution in [-0.4, -0.2) is 37.6 Å². The van der Waals surface area contributed by atoms with Gasteiger partial charge in [-0.3, -0.25) is 9.17 Å². The number of benzene rings is 2. The number of pyridine rings is 1. The number of nitrogens with zero attached hydrogens (tertiary/aromatic N) is 1. The topological polar surface area (TPSA) is 77.5 Å². The average Bonchev–Trinajstić information content (AvgIpc) is 3.84. The van der Waals surface area contributed by atoms with Crippen molar-refractivity contribution in [2.24, 2.45) is 0 Å². The second-order valence-corrected chi connectivity index (χ2v) is 14.1. The lowest BCUT2D eigenvalue weighted by atomic mass is 9.94. The zero-order chi connectivity index (χ0) is 27.5. The summed E-state index contributed by atoms with van der Waals surface area (Å²) in [5.41, 5.74) is 4.39. The summed E-state index contributed by atoms with van der Waals surface area (Å²) in [4.78, 5) is 5.64. The number of ether oxygens (including phenoxy) is 1. The second-order valence-electron chi connectivity index (χ2n) is 10.5. The maximum absolute atomic E-state index is 11.2. The molecule has 1 heterocycles. The van der Waals surface area contributed by atoms with Crippen LogP contribution in [0.15, 0.2) is 65.8 Å². The Hall–Kier alpha value is -2.10. The average molecular weight is 587 g/mol. The molecule has 1 aromatic heterocycles. The molecule has 1 unspecified atom stereocenters. The molecule has 2 aromatic carbocycles. The van der Waals surface area contributed by atoms with E-state index in [2.05, 4.69) is 47.6 Å². The quantitative estimate of drug-likeness (QED) is 0.124. The molecule has 1 atom stereocenters. The van der Waals surface area contributed by atoms with Crippen LogP contribution in [0, 0.1) is 0 Å². The molecule has 5 rings (SSSR count). The fourth-order valence-corrected chi connectivity index (χ4v) is 6.44. The van der Waals surface area contributed by atoms with Gasteiger partial charge in [0.25, 0.3) is 10.1 Å². The second kappa shape index (κ2) is 12.2. The number of hydrogen-bond donors (Lipinski definition) is 1. The third kappa shape index (κ3) is 7.76. The van der Waals surface area contributed by atoms with E-state index in [1.165, 1.54) is 5.56 Å². The highest BCUT2D eigenvalue weighted by Crippen LogP contribution is 2.50. The maximum atomic E-state index is 11.2. The van der Waals surface area contributed by atoms with Gasteiger partial charge >= 0.3 is 0 Å². The highest BCUT2D eigenvalue weighted by molar-refractivity contribution is 8.00. The molecule has 0 bridgehead atoms. The van der Waals surface area contributed by atoms with E-state index < -0.39 is 10.1 Å². The molecular formula is C30H35ClN2O4S2. The Morgan fingerprint density at radius 3 is 2.69 bits per heavy atom. The third-order valence-electron chi connectivity index (χ3n) is 7.11. The van der Waals surface area contributed by atoms with Gasteiger partial charge in [-0.1, -0.05) is 36.7 Å². The van der Waals surface area contributed by atoms with Crippen LogP contribution in [0.2, 0.25) is 5.02 Å². The molecule has 2 saturated carbocycles. The summed E-state index contributed by atoms with van der Waals surface area (Å²) in [6.45, 7) is 3.01. The molecule has 0 saturated heterocycles. The molecule has 0 aliphatic heterocycles. The lowest BCUT2D eigenvalue weighted by Crippen LogP contribution is -2.29. The van der Waals surface area contributed by atoms with Gasteiger partial charge in [-0.05, 0) is 85.5 Å².